The molecule has 1 spiro atoms. The molecule has 0 unspecified atom stereocenters. The highest BCUT2D eigenvalue weighted by Crippen LogP contribution is 2.38. The number of hydrogen-bond donors (Lipinski definition) is 1. The number of rotatable bonds is 4. The van der Waals surface area contributed by atoms with Crippen molar-refractivity contribution in [2.75, 3.05) is 37.7 Å². The fraction of sp³-hybridized carbons (Fsp3) is 0.591. The Hall–Kier alpha value is -2.48. The molecule has 2 heterocycles. The Morgan fingerprint density at radius 2 is 1.93 bits per heavy atom. The zero-order valence-electron chi connectivity index (χ0n) is 17.6. The van der Waals surface area contributed by atoms with Gasteiger partial charge in [-0.1, -0.05) is 19.8 Å². The fourth-order valence-electron chi connectivity index (χ4n) is 4.94. The lowest BCUT2D eigenvalue weighted by Gasteiger charge is -2.38. The number of imide groups is 1. The number of nitrogens with one attached hydrogen (secondary N) is 1. The van der Waals surface area contributed by atoms with Crippen LogP contribution >= 0.6 is 0 Å². The lowest BCUT2D eigenvalue weighted by molar-refractivity contribution is -0.135. The molecule has 30 heavy (non-hydrogen) atoms. The molecule has 3 amide bonds. The van der Waals surface area contributed by atoms with E-state index in [0.29, 0.717) is 43.9 Å². The second-order valence-electron chi connectivity index (χ2n) is 8.75. The summed E-state index contributed by atoms with van der Waals surface area (Å²) in [5.41, 5.74) is 0.0996. The quantitative estimate of drug-likeness (QED) is 0.603. The summed E-state index contributed by atoms with van der Waals surface area (Å²) in [6.45, 7) is 6.13. The van der Waals surface area contributed by atoms with Crippen LogP contribution in [0.25, 0.3) is 0 Å². The second-order valence-corrected chi connectivity index (χ2v) is 8.75. The van der Waals surface area contributed by atoms with Crippen molar-refractivity contribution in [2.24, 2.45) is 5.92 Å². The largest absolute Gasteiger partial charge is 0.367 e. The minimum absolute atomic E-state index is 0.104. The number of piperazine rings is 1. The van der Waals surface area contributed by atoms with Gasteiger partial charge in [-0.25, -0.2) is 14.1 Å². The molecule has 4 rings (SSSR count). The third-order valence-electron chi connectivity index (χ3n) is 6.91. The summed E-state index contributed by atoms with van der Waals surface area (Å²) in [5, 5.41) is 2.99. The summed E-state index contributed by atoms with van der Waals surface area (Å²) in [5.74, 6) is -0.527. The molecule has 162 valence electrons. The first kappa shape index (κ1) is 20.8. The Morgan fingerprint density at radius 3 is 2.57 bits per heavy atom. The molecule has 3 fully saturated rings. The first-order chi connectivity index (χ1) is 14.3. The van der Waals surface area contributed by atoms with Gasteiger partial charge in [-0.3, -0.25) is 14.5 Å². The normalized spacial score (nSPS) is 27.6. The molecule has 3 aliphatic rings. The van der Waals surface area contributed by atoms with Gasteiger partial charge >= 0.3 is 6.03 Å². The highest BCUT2D eigenvalue weighted by Gasteiger charge is 2.55. The van der Waals surface area contributed by atoms with Gasteiger partial charge in [0.05, 0.1) is 12.4 Å². The Bertz CT molecular complexity index is 868. The van der Waals surface area contributed by atoms with Crippen LogP contribution in [0.5, 0.6) is 0 Å². The molecule has 1 aromatic carbocycles. The molecule has 7 nitrogen and oxygen atoms in total. The monoisotopic (exact) mass is 416 g/mol. The number of amides is 3. The van der Waals surface area contributed by atoms with Gasteiger partial charge < -0.3 is 10.2 Å². The van der Waals surface area contributed by atoms with E-state index in [1.54, 1.807) is 12.1 Å². The Labute approximate surface area is 176 Å². The highest BCUT2D eigenvalue weighted by atomic mass is 19.1. The van der Waals surface area contributed by atoms with E-state index in [1.807, 2.05) is 11.8 Å². The maximum Gasteiger partial charge on any atom is 0.326 e. The maximum absolute atomic E-state index is 14.4. The Balaban J connectivity index is 1.38. The van der Waals surface area contributed by atoms with E-state index in [9.17, 15) is 18.8 Å². The van der Waals surface area contributed by atoms with Crippen LogP contribution < -0.4 is 10.2 Å². The topological polar surface area (TPSA) is 73.0 Å². The lowest BCUT2D eigenvalue weighted by Crippen LogP contribution is -2.55. The number of nitrogens with zero attached hydrogens (tertiary/aromatic N) is 3. The number of hydrogen-bond acceptors (Lipinski definition) is 5. The summed E-state index contributed by atoms with van der Waals surface area (Å²) in [7, 11) is 0. The number of urea groups is 1. The maximum atomic E-state index is 14.4. The summed E-state index contributed by atoms with van der Waals surface area (Å²) in [4.78, 5) is 42.5. The zero-order chi connectivity index (χ0) is 21.5. The fourth-order valence-corrected chi connectivity index (χ4v) is 4.94. The molecule has 1 saturated carbocycles. The van der Waals surface area contributed by atoms with Gasteiger partial charge in [0.15, 0.2) is 5.78 Å². The Morgan fingerprint density at radius 1 is 1.20 bits per heavy atom. The average molecular weight is 416 g/mol. The van der Waals surface area contributed by atoms with Crippen LogP contribution in [0.1, 0.15) is 49.9 Å². The second kappa shape index (κ2) is 7.98. The Kier molecular flexibility index (Phi) is 5.53. The first-order valence-corrected chi connectivity index (χ1v) is 10.7. The molecule has 1 aromatic rings. The van der Waals surface area contributed by atoms with E-state index in [1.165, 1.54) is 17.9 Å². The van der Waals surface area contributed by atoms with E-state index < -0.39 is 11.4 Å². The van der Waals surface area contributed by atoms with Gasteiger partial charge in [-0.15, -0.1) is 0 Å². The summed E-state index contributed by atoms with van der Waals surface area (Å²) in [6.07, 6.45) is 3.71. The van der Waals surface area contributed by atoms with Crippen molar-refractivity contribution in [1.29, 1.82) is 0 Å². The molecular weight excluding hydrogens is 387 g/mol. The average Bonchev–Trinajstić information content (AvgIpc) is 2.96. The molecule has 2 aliphatic heterocycles. The van der Waals surface area contributed by atoms with E-state index in [0.717, 1.165) is 19.3 Å². The number of benzene rings is 1. The van der Waals surface area contributed by atoms with E-state index in [4.69, 9.17) is 0 Å². The van der Waals surface area contributed by atoms with Gasteiger partial charge in [0, 0.05) is 31.7 Å². The molecule has 2 saturated heterocycles. The summed E-state index contributed by atoms with van der Waals surface area (Å²) < 4.78 is 14.4. The first-order valence-electron chi connectivity index (χ1n) is 10.7. The third-order valence-corrected chi connectivity index (χ3v) is 6.91. The van der Waals surface area contributed by atoms with Crippen molar-refractivity contribution in [3.05, 3.63) is 29.6 Å². The van der Waals surface area contributed by atoms with Crippen LogP contribution in [0.15, 0.2) is 18.2 Å². The molecule has 0 aromatic heterocycles. The van der Waals surface area contributed by atoms with Gasteiger partial charge in [-0.2, -0.15) is 0 Å². The highest BCUT2D eigenvalue weighted by molar-refractivity contribution is 6.07. The van der Waals surface area contributed by atoms with Crippen molar-refractivity contribution in [3.63, 3.8) is 0 Å². The summed E-state index contributed by atoms with van der Waals surface area (Å²) >= 11 is 0. The number of Topliss-reactive ketones (excluding diaryl/α,β-unsaturated/α-hetero) is 1. The van der Waals surface area contributed by atoms with Crippen molar-refractivity contribution in [1.82, 2.24) is 15.1 Å². The zero-order valence-corrected chi connectivity index (χ0v) is 17.6. The van der Waals surface area contributed by atoms with Crippen molar-refractivity contribution in [3.8, 4) is 0 Å². The van der Waals surface area contributed by atoms with Gasteiger partial charge in [0.1, 0.15) is 11.4 Å². The van der Waals surface area contributed by atoms with E-state index in [-0.39, 0.29) is 30.3 Å². The van der Waals surface area contributed by atoms with Crippen LogP contribution in [0, 0.1) is 11.7 Å². The number of anilines is 1. The molecule has 2 atom stereocenters. The number of carbonyl (C=O) groups is 3. The SMILES string of the molecule is CC(=O)c1ccc(N2CCN(CN3C(=O)N[C@]4(CCCC[C@H]4C)C3=O)CC2)c(F)c1. The number of halogens is 1. The minimum Gasteiger partial charge on any atom is -0.367 e. The van der Waals surface area contributed by atoms with Crippen molar-refractivity contribution in [2.45, 2.75) is 45.1 Å². The van der Waals surface area contributed by atoms with Gasteiger partial charge in [0.25, 0.3) is 5.91 Å². The molecular formula is C22H29FN4O3. The van der Waals surface area contributed by atoms with Gasteiger partial charge in [-0.05, 0) is 43.9 Å². The van der Waals surface area contributed by atoms with E-state index >= 15 is 0 Å². The molecule has 0 radical (unpaired) electrons. The molecule has 1 N–H and O–H groups in total. The van der Waals surface area contributed by atoms with Crippen LogP contribution in [0.3, 0.4) is 0 Å². The van der Waals surface area contributed by atoms with Crippen molar-refractivity contribution < 1.29 is 18.8 Å². The molecule has 8 heteroatoms. The lowest BCUT2D eigenvalue weighted by atomic mass is 9.73. The molecule has 1 aliphatic carbocycles. The van der Waals surface area contributed by atoms with Gasteiger partial charge in [0.2, 0.25) is 0 Å². The van der Waals surface area contributed by atoms with Crippen molar-refractivity contribution >= 4 is 23.4 Å². The van der Waals surface area contributed by atoms with Crippen LogP contribution in [-0.4, -0.2) is 65.9 Å². The number of ketones is 1. The molecule has 0 bridgehead atoms. The minimum atomic E-state index is -0.737. The van der Waals surface area contributed by atoms with Crippen LogP contribution in [-0.2, 0) is 4.79 Å². The standard InChI is InChI=1S/C22H29FN4O3/c1-15-5-3-4-8-22(15)20(29)27(21(30)24-22)14-25-9-11-26(12-10-25)19-7-6-17(16(2)28)13-18(19)23/h6-7,13,15H,3-5,8-12,14H2,1-2H3,(H,24,30)/t15-,22+/m1/s1. The van der Waals surface area contributed by atoms with E-state index in [2.05, 4.69) is 10.2 Å². The smallest absolute Gasteiger partial charge is 0.326 e. The number of carbonyl (C=O) groups excluding carboxylic acids is 3. The van der Waals surface area contributed by atoms with Crippen LogP contribution in [0.2, 0.25) is 0 Å². The van der Waals surface area contributed by atoms with Crippen LogP contribution in [0.4, 0.5) is 14.9 Å². The predicted molar refractivity (Wildman–Crippen MR) is 111 cm³/mol. The third kappa shape index (κ3) is 3.57. The summed E-state index contributed by atoms with van der Waals surface area (Å²) in [6, 6.07) is 4.27. The predicted octanol–water partition coefficient (Wildman–Crippen LogP) is 2.61.